The Labute approximate surface area is 104 Å². The van der Waals surface area contributed by atoms with Gasteiger partial charge in [0.25, 0.3) is 0 Å². The minimum absolute atomic E-state index is 0.310. The van der Waals surface area contributed by atoms with Gasteiger partial charge in [-0.3, -0.25) is 0 Å². The summed E-state index contributed by atoms with van der Waals surface area (Å²) in [7, 11) is 0. The van der Waals surface area contributed by atoms with E-state index in [-0.39, 0.29) is 0 Å². The first-order valence-electron chi connectivity index (χ1n) is 6.62. The van der Waals surface area contributed by atoms with Crippen molar-refractivity contribution in [3.63, 3.8) is 0 Å². The first kappa shape index (κ1) is 12.4. The van der Waals surface area contributed by atoms with Gasteiger partial charge in [-0.15, -0.1) is 0 Å². The quantitative estimate of drug-likeness (QED) is 0.711. The van der Waals surface area contributed by atoms with Crippen LogP contribution in [0.4, 0.5) is 0 Å². The second kappa shape index (κ2) is 6.02. The zero-order valence-corrected chi connectivity index (χ0v) is 10.8. The Balaban J connectivity index is 1.83. The molecule has 1 heteroatoms. The van der Waals surface area contributed by atoms with Gasteiger partial charge in [-0.1, -0.05) is 56.3 Å². The largest absolute Gasteiger partial charge is 0.370 e. The van der Waals surface area contributed by atoms with E-state index in [0.717, 1.165) is 19.3 Å². The summed E-state index contributed by atoms with van der Waals surface area (Å²) in [5, 5.41) is 0. The number of aryl methyl sites for hydroxylation is 1. The predicted molar refractivity (Wildman–Crippen MR) is 72.0 cm³/mol. The van der Waals surface area contributed by atoms with E-state index >= 15 is 0 Å². The molecule has 0 saturated carbocycles. The average molecular weight is 230 g/mol. The Kier molecular flexibility index (Phi) is 4.38. The maximum Gasteiger partial charge on any atom is 0.0782 e. The average Bonchev–Trinajstić information content (AvgIpc) is 2.38. The third-order valence-electron chi connectivity index (χ3n) is 3.33. The van der Waals surface area contributed by atoms with Gasteiger partial charge >= 0.3 is 0 Å². The van der Waals surface area contributed by atoms with Crippen molar-refractivity contribution in [1.82, 2.24) is 0 Å². The van der Waals surface area contributed by atoms with Crippen molar-refractivity contribution in [1.29, 1.82) is 0 Å². The first-order chi connectivity index (χ1) is 8.25. The Morgan fingerprint density at radius 3 is 2.71 bits per heavy atom. The molecular formula is C16H22O. The van der Waals surface area contributed by atoms with Gasteiger partial charge in [0.05, 0.1) is 12.2 Å². The highest BCUT2D eigenvalue weighted by Gasteiger charge is 2.20. The summed E-state index contributed by atoms with van der Waals surface area (Å²) in [5.41, 5.74) is 1.41. The van der Waals surface area contributed by atoms with E-state index in [1.54, 1.807) is 0 Å². The summed E-state index contributed by atoms with van der Waals surface area (Å²) in [6, 6.07) is 10.7. The molecule has 0 unspecified atom stereocenters. The number of ether oxygens (including phenoxy) is 1. The van der Waals surface area contributed by atoms with Crippen molar-refractivity contribution < 1.29 is 4.74 Å². The van der Waals surface area contributed by atoms with Crippen LogP contribution in [0.15, 0.2) is 42.5 Å². The number of rotatable bonds is 4. The number of hydrogen-bond acceptors (Lipinski definition) is 1. The molecule has 1 nitrogen and oxygen atoms in total. The molecule has 0 aliphatic carbocycles. The van der Waals surface area contributed by atoms with Gasteiger partial charge in [-0.05, 0) is 30.7 Å². The normalized spacial score (nSPS) is 24.2. The molecule has 2 rings (SSSR count). The molecule has 2 atom stereocenters. The van der Waals surface area contributed by atoms with E-state index in [9.17, 15) is 0 Å². The zero-order chi connectivity index (χ0) is 12.1. The minimum atomic E-state index is 0.310. The SMILES string of the molecule is CC(C)[C@@H]1C=CC[C@H](CCc2ccccc2)O1. The summed E-state index contributed by atoms with van der Waals surface area (Å²) in [4.78, 5) is 0. The molecule has 0 saturated heterocycles. The van der Waals surface area contributed by atoms with E-state index < -0.39 is 0 Å². The molecule has 17 heavy (non-hydrogen) atoms. The summed E-state index contributed by atoms with van der Waals surface area (Å²) < 4.78 is 6.08. The van der Waals surface area contributed by atoms with Gasteiger partial charge in [0.15, 0.2) is 0 Å². The maximum atomic E-state index is 6.08. The van der Waals surface area contributed by atoms with E-state index in [1.807, 2.05) is 0 Å². The van der Waals surface area contributed by atoms with E-state index in [4.69, 9.17) is 4.74 Å². The van der Waals surface area contributed by atoms with Crippen LogP contribution in [-0.2, 0) is 11.2 Å². The Bertz CT molecular complexity index is 353. The minimum Gasteiger partial charge on any atom is -0.370 e. The lowest BCUT2D eigenvalue weighted by atomic mass is 9.99. The number of hydrogen-bond donors (Lipinski definition) is 0. The lowest BCUT2D eigenvalue weighted by Gasteiger charge is -2.28. The van der Waals surface area contributed by atoms with Gasteiger partial charge in [0.2, 0.25) is 0 Å². The highest BCUT2D eigenvalue weighted by atomic mass is 16.5. The summed E-state index contributed by atoms with van der Waals surface area (Å²) >= 11 is 0. The second-order valence-corrected chi connectivity index (χ2v) is 5.15. The molecule has 1 heterocycles. The van der Waals surface area contributed by atoms with Crippen LogP contribution in [-0.4, -0.2) is 12.2 Å². The Morgan fingerprint density at radius 2 is 2.00 bits per heavy atom. The third kappa shape index (κ3) is 3.71. The molecule has 1 aromatic rings. The van der Waals surface area contributed by atoms with Crippen LogP contribution in [0.25, 0.3) is 0 Å². The smallest absolute Gasteiger partial charge is 0.0782 e. The van der Waals surface area contributed by atoms with Crippen LogP contribution in [0, 0.1) is 5.92 Å². The molecule has 0 spiro atoms. The molecule has 0 amide bonds. The molecule has 0 N–H and O–H groups in total. The van der Waals surface area contributed by atoms with Crippen molar-refractivity contribution in [2.45, 2.75) is 45.3 Å². The van der Waals surface area contributed by atoms with Crippen LogP contribution in [0.2, 0.25) is 0 Å². The lowest BCUT2D eigenvalue weighted by molar-refractivity contribution is -0.0194. The summed E-state index contributed by atoms with van der Waals surface area (Å²) in [6.07, 6.45) is 8.50. The van der Waals surface area contributed by atoms with Gasteiger partial charge in [0.1, 0.15) is 0 Å². The summed E-state index contributed by atoms with van der Waals surface area (Å²) in [6.45, 7) is 4.43. The van der Waals surface area contributed by atoms with E-state index in [2.05, 4.69) is 56.3 Å². The van der Waals surface area contributed by atoms with Crippen molar-refractivity contribution in [2.24, 2.45) is 5.92 Å². The van der Waals surface area contributed by atoms with Crippen molar-refractivity contribution in [3.8, 4) is 0 Å². The maximum absolute atomic E-state index is 6.08. The highest BCUT2D eigenvalue weighted by Crippen LogP contribution is 2.21. The fraction of sp³-hybridized carbons (Fsp3) is 0.500. The van der Waals surface area contributed by atoms with Crippen LogP contribution in [0.1, 0.15) is 32.3 Å². The standard InChI is InChI=1S/C16H22O/c1-13(2)16-10-6-9-15(17-16)12-11-14-7-4-3-5-8-14/h3-8,10,13,15-16H,9,11-12H2,1-2H3/t15-,16+/m1/s1. The van der Waals surface area contributed by atoms with Crippen molar-refractivity contribution in [2.75, 3.05) is 0 Å². The van der Waals surface area contributed by atoms with Crippen molar-refractivity contribution in [3.05, 3.63) is 48.0 Å². The predicted octanol–water partition coefficient (Wildman–Crippen LogP) is 3.99. The molecular weight excluding hydrogens is 208 g/mol. The van der Waals surface area contributed by atoms with Gasteiger partial charge < -0.3 is 4.74 Å². The fourth-order valence-electron chi connectivity index (χ4n) is 2.23. The molecule has 1 aromatic carbocycles. The molecule has 1 aliphatic heterocycles. The number of benzene rings is 1. The monoisotopic (exact) mass is 230 g/mol. The van der Waals surface area contributed by atoms with Crippen LogP contribution >= 0.6 is 0 Å². The Hall–Kier alpha value is -1.08. The van der Waals surface area contributed by atoms with E-state index in [1.165, 1.54) is 5.56 Å². The van der Waals surface area contributed by atoms with Gasteiger partial charge in [0, 0.05) is 0 Å². The zero-order valence-electron chi connectivity index (χ0n) is 10.8. The second-order valence-electron chi connectivity index (χ2n) is 5.15. The molecule has 0 aromatic heterocycles. The van der Waals surface area contributed by atoms with Gasteiger partial charge in [-0.25, -0.2) is 0 Å². The third-order valence-corrected chi connectivity index (χ3v) is 3.33. The van der Waals surface area contributed by atoms with Crippen LogP contribution in [0.3, 0.4) is 0 Å². The molecule has 0 fully saturated rings. The lowest BCUT2D eigenvalue weighted by Crippen LogP contribution is -2.28. The summed E-state index contributed by atoms with van der Waals surface area (Å²) in [5.74, 6) is 0.575. The topological polar surface area (TPSA) is 9.23 Å². The van der Waals surface area contributed by atoms with Crippen molar-refractivity contribution >= 4 is 0 Å². The molecule has 92 valence electrons. The molecule has 0 bridgehead atoms. The highest BCUT2D eigenvalue weighted by molar-refractivity contribution is 5.14. The Morgan fingerprint density at radius 1 is 1.24 bits per heavy atom. The van der Waals surface area contributed by atoms with E-state index in [0.29, 0.717) is 18.1 Å². The van der Waals surface area contributed by atoms with Crippen LogP contribution < -0.4 is 0 Å². The van der Waals surface area contributed by atoms with Crippen LogP contribution in [0.5, 0.6) is 0 Å². The molecule has 1 aliphatic rings. The van der Waals surface area contributed by atoms with Gasteiger partial charge in [-0.2, -0.15) is 0 Å². The molecule has 0 radical (unpaired) electrons. The fourth-order valence-corrected chi connectivity index (χ4v) is 2.23. The first-order valence-corrected chi connectivity index (χ1v) is 6.62.